The van der Waals surface area contributed by atoms with Gasteiger partial charge in [-0.15, -0.1) is 0 Å². The Morgan fingerprint density at radius 2 is 1.70 bits per heavy atom. The molecule has 0 aliphatic heterocycles. The third kappa shape index (κ3) is 5.00. The Hall–Kier alpha value is -0.150. The zero-order chi connectivity index (χ0) is 14.4. The van der Waals surface area contributed by atoms with Crippen LogP contribution in [0.25, 0.3) is 0 Å². The Kier molecular flexibility index (Phi) is 6.76. The molecular weight excluding hydrogens is 317 g/mol. The highest BCUT2D eigenvalue weighted by atomic mass is 35.5. The molecule has 0 bridgehead atoms. The first-order valence-corrected chi connectivity index (χ1v) is 8.28. The van der Waals surface area contributed by atoms with Crippen LogP contribution in [-0.2, 0) is 0 Å². The smallest absolute Gasteiger partial charge is 0.139 e. The minimum absolute atomic E-state index is 0.444. The highest BCUT2D eigenvalue weighted by molar-refractivity contribution is 6.43. The summed E-state index contributed by atoms with van der Waals surface area (Å²) in [6, 6.07) is 3.27. The second-order valence-electron chi connectivity index (χ2n) is 5.25. The van der Waals surface area contributed by atoms with Crippen LogP contribution in [0.3, 0.4) is 0 Å². The van der Waals surface area contributed by atoms with E-state index in [4.69, 9.17) is 39.5 Å². The molecule has 1 N–H and O–H groups in total. The van der Waals surface area contributed by atoms with E-state index in [1.165, 1.54) is 32.1 Å². The molecule has 5 heteroatoms. The molecule has 2 rings (SSSR count). The van der Waals surface area contributed by atoms with Gasteiger partial charge < -0.3 is 10.1 Å². The van der Waals surface area contributed by atoms with E-state index in [0.717, 1.165) is 19.0 Å². The first-order valence-electron chi connectivity index (χ1n) is 7.15. The third-order valence-electron chi connectivity index (χ3n) is 3.67. The van der Waals surface area contributed by atoms with Crippen molar-refractivity contribution in [1.82, 2.24) is 5.32 Å². The monoisotopic (exact) mass is 335 g/mol. The van der Waals surface area contributed by atoms with E-state index in [9.17, 15) is 0 Å². The predicted molar refractivity (Wildman–Crippen MR) is 86.4 cm³/mol. The number of nitrogens with one attached hydrogen (secondary N) is 1. The normalized spacial score (nSPS) is 16.4. The summed E-state index contributed by atoms with van der Waals surface area (Å²) in [5.41, 5.74) is 0. The summed E-state index contributed by atoms with van der Waals surface area (Å²) in [7, 11) is 0. The summed E-state index contributed by atoms with van der Waals surface area (Å²) in [6.45, 7) is 2.47. The highest BCUT2D eigenvalue weighted by Gasteiger charge is 2.12. The van der Waals surface area contributed by atoms with Crippen molar-refractivity contribution in [1.29, 1.82) is 0 Å². The largest absolute Gasteiger partial charge is 0.491 e. The lowest BCUT2D eigenvalue weighted by atomic mass is 9.89. The van der Waals surface area contributed by atoms with Crippen molar-refractivity contribution in [2.24, 2.45) is 5.92 Å². The fourth-order valence-corrected chi connectivity index (χ4v) is 3.14. The zero-order valence-corrected chi connectivity index (χ0v) is 13.7. The van der Waals surface area contributed by atoms with Gasteiger partial charge in [-0.05, 0) is 31.4 Å². The molecule has 0 amide bonds. The molecule has 0 spiro atoms. The molecule has 0 heterocycles. The number of benzene rings is 1. The summed E-state index contributed by atoms with van der Waals surface area (Å²) in [5, 5.41) is 4.84. The lowest BCUT2D eigenvalue weighted by molar-refractivity contribution is 0.295. The molecule has 0 atom stereocenters. The van der Waals surface area contributed by atoms with Gasteiger partial charge >= 0.3 is 0 Å². The SMILES string of the molecule is Clc1cc(Cl)c(OCCNCC2CCCCC2)cc1Cl. The van der Waals surface area contributed by atoms with Crippen molar-refractivity contribution < 1.29 is 4.74 Å². The Balaban J connectivity index is 1.66. The second-order valence-corrected chi connectivity index (χ2v) is 6.47. The number of ether oxygens (including phenoxy) is 1. The summed E-state index contributed by atoms with van der Waals surface area (Å²) in [5.74, 6) is 1.41. The van der Waals surface area contributed by atoms with Crippen LogP contribution >= 0.6 is 34.8 Å². The second kappa shape index (κ2) is 8.33. The van der Waals surface area contributed by atoms with Crippen LogP contribution in [-0.4, -0.2) is 19.7 Å². The maximum absolute atomic E-state index is 6.05. The van der Waals surface area contributed by atoms with Gasteiger partial charge in [0, 0.05) is 12.6 Å². The molecule has 0 radical (unpaired) electrons. The molecule has 112 valence electrons. The molecule has 20 heavy (non-hydrogen) atoms. The van der Waals surface area contributed by atoms with E-state index in [2.05, 4.69) is 5.32 Å². The van der Waals surface area contributed by atoms with Gasteiger partial charge in [-0.2, -0.15) is 0 Å². The fourth-order valence-electron chi connectivity index (χ4n) is 2.55. The van der Waals surface area contributed by atoms with Gasteiger partial charge in [-0.25, -0.2) is 0 Å². The van der Waals surface area contributed by atoms with Crippen molar-refractivity contribution in [2.45, 2.75) is 32.1 Å². The third-order valence-corrected chi connectivity index (χ3v) is 4.69. The average molecular weight is 337 g/mol. The topological polar surface area (TPSA) is 21.3 Å². The van der Waals surface area contributed by atoms with Crippen molar-refractivity contribution in [3.05, 3.63) is 27.2 Å². The number of hydrogen-bond donors (Lipinski definition) is 1. The van der Waals surface area contributed by atoms with Gasteiger partial charge in [-0.1, -0.05) is 54.1 Å². The van der Waals surface area contributed by atoms with Gasteiger partial charge in [0.15, 0.2) is 0 Å². The number of rotatable bonds is 6. The van der Waals surface area contributed by atoms with Gasteiger partial charge in [0.2, 0.25) is 0 Å². The van der Waals surface area contributed by atoms with Crippen LogP contribution in [0.2, 0.25) is 15.1 Å². The molecule has 0 saturated heterocycles. The van der Waals surface area contributed by atoms with Gasteiger partial charge in [0.05, 0.1) is 15.1 Å². The highest BCUT2D eigenvalue weighted by Crippen LogP contribution is 2.33. The Bertz CT molecular complexity index is 433. The van der Waals surface area contributed by atoms with E-state index in [0.29, 0.717) is 27.4 Å². The molecular formula is C15H20Cl3NO. The lowest BCUT2D eigenvalue weighted by Gasteiger charge is -2.21. The molecule has 0 aromatic heterocycles. The van der Waals surface area contributed by atoms with Crippen LogP contribution < -0.4 is 10.1 Å². The van der Waals surface area contributed by atoms with Crippen LogP contribution in [0.15, 0.2) is 12.1 Å². The Labute approximate surface area is 135 Å². The minimum Gasteiger partial charge on any atom is -0.491 e. The maximum Gasteiger partial charge on any atom is 0.139 e. The number of hydrogen-bond acceptors (Lipinski definition) is 2. The quantitative estimate of drug-likeness (QED) is 0.570. The maximum atomic E-state index is 6.05. The van der Waals surface area contributed by atoms with Gasteiger partial charge in [-0.3, -0.25) is 0 Å². The summed E-state index contributed by atoms with van der Waals surface area (Å²) >= 11 is 17.9. The lowest BCUT2D eigenvalue weighted by Crippen LogP contribution is -2.28. The van der Waals surface area contributed by atoms with Crippen molar-refractivity contribution in [3.8, 4) is 5.75 Å². The van der Waals surface area contributed by atoms with Crippen LogP contribution in [0.1, 0.15) is 32.1 Å². The molecule has 1 aromatic rings. The van der Waals surface area contributed by atoms with Crippen molar-refractivity contribution in [3.63, 3.8) is 0 Å². The Morgan fingerprint density at radius 3 is 2.45 bits per heavy atom. The number of halogens is 3. The fraction of sp³-hybridized carbons (Fsp3) is 0.600. The summed E-state index contributed by atoms with van der Waals surface area (Å²) < 4.78 is 5.62. The van der Waals surface area contributed by atoms with Gasteiger partial charge in [0.1, 0.15) is 12.4 Å². The van der Waals surface area contributed by atoms with E-state index in [1.807, 2.05) is 0 Å². The van der Waals surface area contributed by atoms with Crippen LogP contribution in [0.5, 0.6) is 5.75 Å². The molecule has 2 nitrogen and oxygen atoms in total. The first-order chi connectivity index (χ1) is 9.66. The average Bonchev–Trinajstić information content (AvgIpc) is 2.45. The Morgan fingerprint density at radius 1 is 1.00 bits per heavy atom. The predicted octanol–water partition coefficient (Wildman–Crippen LogP) is 5.20. The van der Waals surface area contributed by atoms with E-state index >= 15 is 0 Å². The molecule has 1 fully saturated rings. The standard InChI is InChI=1S/C15H20Cl3NO/c16-12-8-14(18)15(9-13(12)17)20-7-6-19-10-11-4-2-1-3-5-11/h8-9,11,19H,1-7,10H2. The van der Waals surface area contributed by atoms with Gasteiger partial charge in [0.25, 0.3) is 0 Å². The molecule has 1 saturated carbocycles. The first kappa shape index (κ1) is 16.2. The van der Waals surface area contributed by atoms with E-state index < -0.39 is 0 Å². The molecule has 0 unspecified atom stereocenters. The molecule has 1 aliphatic rings. The minimum atomic E-state index is 0.444. The van der Waals surface area contributed by atoms with E-state index in [-0.39, 0.29) is 0 Å². The molecule has 1 aliphatic carbocycles. The van der Waals surface area contributed by atoms with E-state index in [1.54, 1.807) is 12.1 Å². The summed E-state index contributed by atoms with van der Waals surface area (Å²) in [6.07, 6.45) is 6.86. The van der Waals surface area contributed by atoms with Crippen LogP contribution in [0, 0.1) is 5.92 Å². The molecule has 1 aromatic carbocycles. The summed E-state index contributed by atoms with van der Waals surface area (Å²) in [4.78, 5) is 0. The zero-order valence-electron chi connectivity index (χ0n) is 11.4. The van der Waals surface area contributed by atoms with Crippen molar-refractivity contribution in [2.75, 3.05) is 19.7 Å². The van der Waals surface area contributed by atoms with Crippen molar-refractivity contribution >= 4 is 34.8 Å². The van der Waals surface area contributed by atoms with Crippen LogP contribution in [0.4, 0.5) is 0 Å².